The standard InChI is InChI=1S/C14H13N3OS/c1-18-11-5-2-4-10(8-11)17-14(15)9-12(16-17)13-6-3-7-19-13/h2-9H,15H2,1H3. The van der Waals surface area contributed by atoms with Crippen LogP contribution in [0.25, 0.3) is 16.3 Å². The highest BCUT2D eigenvalue weighted by molar-refractivity contribution is 7.13. The molecule has 0 aliphatic rings. The molecule has 0 bridgehead atoms. The molecule has 2 aromatic heterocycles. The van der Waals surface area contributed by atoms with Crippen molar-refractivity contribution in [3.8, 4) is 22.0 Å². The summed E-state index contributed by atoms with van der Waals surface area (Å²) in [6.45, 7) is 0. The molecule has 4 nitrogen and oxygen atoms in total. The second-order valence-electron chi connectivity index (χ2n) is 4.05. The van der Waals surface area contributed by atoms with Crippen LogP contribution in [0.1, 0.15) is 0 Å². The third-order valence-corrected chi connectivity index (χ3v) is 3.70. The summed E-state index contributed by atoms with van der Waals surface area (Å²) in [6.07, 6.45) is 0. The monoisotopic (exact) mass is 271 g/mol. The Bertz CT molecular complexity index is 689. The molecule has 0 atom stereocenters. The topological polar surface area (TPSA) is 53.1 Å². The minimum absolute atomic E-state index is 0.608. The maximum absolute atomic E-state index is 6.04. The van der Waals surface area contributed by atoms with Crippen molar-refractivity contribution in [3.63, 3.8) is 0 Å². The van der Waals surface area contributed by atoms with Gasteiger partial charge in [0.1, 0.15) is 17.3 Å². The second kappa shape index (κ2) is 4.78. The van der Waals surface area contributed by atoms with Crippen LogP contribution >= 0.6 is 11.3 Å². The van der Waals surface area contributed by atoms with Crippen LogP contribution in [-0.2, 0) is 0 Å². The van der Waals surface area contributed by atoms with Crippen molar-refractivity contribution in [2.24, 2.45) is 0 Å². The summed E-state index contributed by atoms with van der Waals surface area (Å²) >= 11 is 1.64. The number of aromatic nitrogens is 2. The van der Waals surface area contributed by atoms with Crippen molar-refractivity contribution in [1.82, 2.24) is 9.78 Å². The van der Waals surface area contributed by atoms with Crippen LogP contribution in [-0.4, -0.2) is 16.9 Å². The lowest BCUT2D eigenvalue weighted by atomic mass is 10.3. The van der Waals surface area contributed by atoms with Gasteiger partial charge in [-0.2, -0.15) is 5.10 Å². The third kappa shape index (κ3) is 2.20. The van der Waals surface area contributed by atoms with Crippen molar-refractivity contribution in [2.45, 2.75) is 0 Å². The summed E-state index contributed by atoms with van der Waals surface area (Å²) < 4.78 is 6.94. The van der Waals surface area contributed by atoms with Gasteiger partial charge in [-0.1, -0.05) is 12.1 Å². The molecule has 2 N–H and O–H groups in total. The molecule has 3 rings (SSSR count). The number of nitrogens with zero attached hydrogens (tertiary/aromatic N) is 2. The van der Waals surface area contributed by atoms with E-state index in [0.717, 1.165) is 22.0 Å². The number of ether oxygens (including phenoxy) is 1. The van der Waals surface area contributed by atoms with E-state index in [0.29, 0.717) is 5.82 Å². The van der Waals surface area contributed by atoms with E-state index in [1.807, 2.05) is 47.8 Å². The van der Waals surface area contributed by atoms with Crippen molar-refractivity contribution in [3.05, 3.63) is 47.8 Å². The normalized spacial score (nSPS) is 10.6. The van der Waals surface area contributed by atoms with Gasteiger partial charge in [-0.3, -0.25) is 0 Å². The quantitative estimate of drug-likeness (QED) is 0.796. The van der Waals surface area contributed by atoms with E-state index >= 15 is 0 Å². The lowest BCUT2D eigenvalue weighted by Gasteiger charge is -2.05. The first-order valence-electron chi connectivity index (χ1n) is 5.82. The van der Waals surface area contributed by atoms with Gasteiger partial charge in [0.05, 0.1) is 17.7 Å². The number of thiophene rings is 1. The number of hydrogen-bond donors (Lipinski definition) is 1. The van der Waals surface area contributed by atoms with Crippen LogP contribution in [0.15, 0.2) is 47.8 Å². The largest absolute Gasteiger partial charge is 0.497 e. The summed E-state index contributed by atoms with van der Waals surface area (Å²) in [5.41, 5.74) is 7.81. The summed E-state index contributed by atoms with van der Waals surface area (Å²) in [5, 5.41) is 6.57. The van der Waals surface area contributed by atoms with Gasteiger partial charge in [-0.15, -0.1) is 11.3 Å². The summed E-state index contributed by atoms with van der Waals surface area (Å²) in [5.74, 6) is 1.39. The Hall–Kier alpha value is -2.27. The average molecular weight is 271 g/mol. The van der Waals surface area contributed by atoms with Crippen molar-refractivity contribution < 1.29 is 4.74 Å². The molecule has 5 heteroatoms. The molecule has 0 aliphatic carbocycles. The Kier molecular flexibility index (Phi) is 2.97. The van der Waals surface area contributed by atoms with E-state index in [-0.39, 0.29) is 0 Å². The van der Waals surface area contributed by atoms with Crippen LogP contribution in [0.3, 0.4) is 0 Å². The van der Waals surface area contributed by atoms with E-state index in [4.69, 9.17) is 10.5 Å². The van der Waals surface area contributed by atoms with Crippen LogP contribution in [0, 0.1) is 0 Å². The van der Waals surface area contributed by atoms with Gasteiger partial charge >= 0.3 is 0 Å². The van der Waals surface area contributed by atoms with Gasteiger partial charge in [-0.25, -0.2) is 4.68 Å². The van der Waals surface area contributed by atoms with Crippen LogP contribution in [0.4, 0.5) is 5.82 Å². The molecular weight excluding hydrogens is 258 g/mol. The predicted molar refractivity (Wildman–Crippen MR) is 77.8 cm³/mol. The number of nitrogens with two attached hydrogens (primary N) is 1. The van der Waals surface area contributed by atoms with Gasteiger partial charge in [0, 0.05) is 12.1 Å². The Labute approximate surface area is 115 Å². The number of rotatable bonds is 3. The number of benzene rings is 1. The Morgan fingerprint density at radius 2 is 2.11 bits per heavy atom. The zero-order valence-electron chi connectivity index (χ0n) is 10.4. The van der Waals surface area contributed by atoms with E-state index in [2.05, 4.69) is 5.10 Å². The molecule has 0 saturated carbocycles. The van der Waals surface area contributed by atoms with Gasteiger partial charge in [-0.05, 0) is 23.6 Å². The predicted octanol–water partition coefficient (Wildman–Crippen LogP) is 3.19. The fraction of sp³-hybridized carbons (Fsp3) is 0.0714. The summed E-state index contributed by atoms with van der Waals surface area (Å²) in [4.78, 5) is 1.10. The van der Waals surface area contributed by atoms with Gasteiger partial charge in [0.15, 0.2) is 0 Å². The maximum Gasteiger partial charge on any atom is 0.127 e. The smallest absolute Gasteiger partial charge is 0.127 e. The van der Waals surface area contributed by atoms with Gasteiger partial charge in [0.25, 0.3) is 0 Å². The Morgan fingerprint density at radius 1 is 1.21 bits per heavy atom. The minimum atomic E-state index is 0.608. The molecule has 3 aromatic rings. The highest BCUT2D eigenvalue weighted by atomic mass is 32.1. The van der Waals surface area contributed by atoms with E-state index in [1.54, 1.807) is 23.1 Å². The lowest BCUT2D eigenvalue weighted by molar-refractivity contribution is 0.414. The second-order valence-corrected chi connectivity index (χ2v) is 4.99. The highest BCUT2D eigenvalue weighted by Crippen LogP contribution is 2.27. The molecule has 2 heterocycles. The Morgan fingerprint density at radius 3 is 2.84 bits per heavy atom. The number of methoxy groups -OCH3 is 1. The number of anilines is 1. The van der Waals surface area contributed by atoms with Crippen molar-refractivity contribution in [2.75, 3.05) is 12.8 Å². The van der Waals surface area contributed by atoms with Crippen molar-refractivity contribution in [1.29, 1.82) is 0 Å². The lowest BCUT2D eigenvalue weighted by Crippen LogP contribution is -2.01. The van der Waals surface area contributed by atoms with Crippen molar-refractivity contribution >= 4 is 17.2 Å². The fourth-order valence-corrected chi connectivity index (χ4v) is 2.57. The molecular formula is C14H13N3OS. The molecule has 1 aromatic carbocycles. The molecule has 0 fully saturated rings. The van der Waals surface area contributed by atoms with Gasteiger partial charge < -0.3 is 10.5 Å². The van der Waals surface area contributed by atoms with Crippen LogP contribution < -0.4 is 10.5 Å². The third-order valence-electron chi connectivity index (χ3n) is 2.81. The number of hydrogen-bond acceptors (Lipinski definition) is 4. The zero-order chi connectivity index (χ0) is 13.2. The van der Waals surface area contributed by atoms with E-state index in [1.165, 1.54) is 0 Å². The summed E-state index contributed by atoms with van der Waals surface area (Å²) in [6, 6.07) is 13.6. The SMILES string of the molecule is COc1cccc(-n2nc(-c3cccs3)cc2N)c1. The highest BCUT2D eigenvalue weighted by Gasteiger charge is 2.09. The Balaban J connectivity index is 2.05. The molecule has 19 heavy (non-hydrogen) atoms. The molecule has 0 amide bonds. The molecule has 0 saturated heterocycles. The molecule has 0 unspecified atom stereocenters. The van der Waals surface area contributed by atoms with E-state index < -0.39 is 0 Å². The summed E-state index contributed by atoms with van der Waals surface area (Å²) in [7, 11) is 1.64. The first-order chi connectivity index (χ1) is 9.28. The average Bonchev–Trinajstić information content (AvgIpc) is 3.07. The minimum Gasteiger partial charge on any atom is -0.497 e. The first kappa shape index (κ1) is 11.8. The first-order valence-corrected chi connectivity index (χ1v) is 6.70. The van der Waals surface area contributed by atoms with Gasteiger partial charge in [0.2, 0.25) is 0 Å². The number of nitrogen functional groups attached to an aromatic ring is 1. The van der Waals surface area contributed by atoms with E-state index in [9.17, 15) is 0 Å². The zero-order valence-corrected chi connectivity index (χ0v) is 11.2. The molecule has 0 spiro atoms. The maximum atomic E-state index is 6.04. The molecule has 96 valence electrons. The molecule has 0 aliphatic heterocycles. The van der Waals surface area contributed by atoms with Crippen LogP contribution in [0.2, 0.25) is 0 Å². The fourth-order valence-electron chi connectivity index (χ4n) is 1.89. The molecule has 0 radical (unpaired) electrons. The van der Waals surface area contributed by atoms with Crippen LogP contribution in [0.5, 0.6) is 5.75 Å².